The van der Waals surface area contributed by atoms with Crippen molar-refractivity contribution in [2.75, 3.05) is 11.1 Å². The summed E-state index contributed by atoms with van der Waals surface area (Å²) in [6, 6.07) is 4.08. The van der Waals surface area contributed by atoms with E-state index in [4.69, 9.17) is 0 Å². The van der Waals surface area contributed by atoms with Crippen molar-refractivity contribution in [2.45, 2.75) is 11.3 Å². The normalized spacial score (nSPS) is 9.91. The average Bonchev–Trinajstić information content (AvgIpc) is 2.07. The lowest BCUT2D eigenvalue weighted by Crippen LogP contribution is -1.80. The minimum atomic E-state index is 1.09. The van der Waals surface area contributed by atoms with E-state index in [1.807, 2.05) is 36.3 Å². The van der Waals surface area contributed by atoms with Crippen LogP contribution in [0.15, 0.2) is 29.4 Å². The van der Waals surface area contributed by atoms with Gasteiger partial charge in [-0.2, -0.15) is 0 Å². The first-order chi connectivity index (χ1) is 5.43. The lowest BCUT2D eigenvalue weighted by molar-refractivity contribution is 1.13. The molecule has 0 saturated heterocycles. The second-order valence-electron chi connectivity index (χ2n) is 2.07. The molecule has 0 bridgehead atoms. The fraction of sp³-hybridized carbons (Fsp3) is 0.375. The molecule has 0 N–H and O–H groups in total. The summed E-state index contributed by atoms with van der Waals surface area (Å²) in [6.45, 7) is 0. The third-order valence-electron chi connectivity index (χ3n) is 1.20. The minimum Gasteiger partial charge on any atom is -0.265 e. The van der Waals surface area contributed by atoms with Crippen LogP contribution in [0.5, 0.6) is 0 Å². The van der Waals surface area contributed by atoms with Gasteiger partial charge in [0.1, 0.15) is 0 Å². The summed E-state index contributed by atoms with van der Waals surface area (Å²) in [4.78, 5) is 5.26. The second kappa shape index (κ2) is 5.61. The molecular weight excluding hydrogens is 222 g/mol. The minimum absolute atomic E-state index is 1.09. The molecule has 0 fully saturated rings. The molecular formula is C8H10BrNS. The SMILES string of the molecule is BrCCCSc1ccncc1. The molecule has 1 rings (SSSR count). The monoisotopic (exact) mass is 231 g/mol. The molecule has 0 amide bonds. The average molecular weight is 232 g/mol. The zero-order valence-corrected chi connectivity index (χ0v) is 8.57. The van der Waals surface area contributed by atoms with Crippen LogP contribution in [-0.4, -0.2) is 16.1 Å². The zero-order valence-electron chi connectivity index (χ0n) is 6.16. The summed E-state index contributed by atoms with van der Waals surface area (Å²) in [5.41, 5.74) is 0. The Kier molecular flexibility index (Phi) is 4.62. The fourth-order valence-electron chi connectivity index (χ4n) is 0.679. The molecule has 0 unspecified atom stereocenters. The number of halogens is 1. The Morgan fingerprint density at radius 2 is 2.09 bits per heavy atom. The number of alkyl halides is 1. The van der Waals surface area contributed by atoms with Gasteiger partial charge in [-0.15, -0.1) is 11.8 Å². The van der Waals surface area contributed by atoms with Gasteiger partial charge in [-0.3, -0.25) is 4.98 Å². The number of thioether (sulfide) groups is 1. The zero-order chi connectivity index (χ0) is 7.94. The molecule has 1 nitrogen and oxygen atoms in total. The van der Waals surface area contributed by atoms with Gasteiger partial charge in [0.05, 0.1) is 0 Å². The van der Waals surface area contributed by atoms with Gasteiger partial charge >= 0.3 is 0 Å². The summed E-state index contributed by atoms with van der Waals surface area (Å²) in [6.07, 6.45) is 4.87. The van der Waals surface area contributed by atoms with Crippen molar-refractivity contribution >= 4 is 27.7 Å². The maximum Gasteiger partial charge on any atom is 0.0278 e. The van der Waals surface area contributed by atoms with Crippen LogP contribution < -0.4 is 0 Å². The first-order valence-electron chi connectivity index (χ1n) is 3.52. The number of hydrogen-bond donors (Lipinski definition) is 0. The first kappa shape index (κ1) is 9.07. The first-order valence-corrected chi connectivity index (χ1v) is 5.63. The predicted octanol–water partition coefficient (Wildman–Crippen LogP) is 2.96. The van der Waals surface area contributed by atoms with E-state index in [2.05, 4.69) is 20.9 Å². The standard InChI is InChI=1S/C8H10BrNS/c9-4-1-7-11-8-2-5-10-6-3-8/h2-3,5-6H,1,4,7H2. The van der Waals surface area contributed by atoms with E-state index >= 15 is 0 Å². The Bertz CT molecular complexity index is 191. The van der Waals surface area contributed by atoms with Crippen LogP contribution in [0.4, 0.5) is 0 Å². The summed E-state index contributed by atoms with van der Waals surface area (Å²) in [5, 5.41) is 1.09. The fourth-order valence-corrected chi connectivity index (χ4v) is 2.17. The van der Waals surface area contributed by atoms with E-state index < -0.39 is 0 Å². The molecule has 60 valence electrons. The molecule has 0 aliphatic carbocycles. The van der Waals surface area contributed by atoms with E-state index in [0.717, 1.165) is 5.33 Å². The highest BCUT2D eigenvalue weighted by Gasteiger charge is 1.90. The molecule has 1 aromatic heterocycles. The lowest BCUT2D eigenvalue weighted by atomic mass is 10.5. The molecule has 0 aliphatic heterocycles. The quantitative estimate of drug-likeness (QED) is 0.449. The molecule has 11 heavy (non-hydrogen) atoms. The molecule has 0 atom stereocenters. The molecule has 1 heterocycles. The molecule has 0 aliphatic rings. The van der Waals surface area contributed by atoms with Crippen LogP contribution in [0.2, 0.25) is 0 Å². The highest BCUT2D eigenvalue weighted by molar-refractivity contribution is 9.09. The van der Waals surface area contributed by atoms with Crippen molar-refractivity contribution in [3.8, 4) is 0 Å². The van der Waals surface area contributed by atoms with Crippen molar-refractivity contribution in [3.05, 3.63) is 24.5 Å². The van der Waals surface area contributed by atoms with E-state index in [1.165, 1.54) is 17.1 Å². The Hall–Kier alpha value is -0.0200. The van der Waals surface area contributed by atoms with Gasteiger partial charge in [-0.1, -0.05) is 15.9 Å². The predicted molar refractivity (Wildman–Crippen MR) is 53.4 cm³/mol. The van der Waals surface area contributed by atoms with Crippen LogP contribution in [0.1, 0.15) is 6.42 Å². The van der Waals surface area contributed by atoms with Crippen LogP contribution in [0, 0.1) is 0 Å². The highest BCUT2D eigenvalue weighted by atomic mass is 79.9. The van der Waals surface area contributed by atoms with Crippen molar-refractivity contribution in [2.24, 2.45) is 0 Å². The van der Waals surface area contributed by atoms with Gasteiger partial charge in [0, 0.05) is 22.6 Å². The van der Waals surface area contributed by atoms with Crippen molar-refractivity contribution in [3.63, 3.8) is 0 Å². The van der Waals surface area contributed by atoms with Gasteiger partial charge in [0.2, 0.25) is 0 Å². The van der Waals surface area contributed by atoms with Gasteiger partial charge in [0.25, 0.3) is 0 Å². The van der Waals surface area contributed by atoms with Gasteiger partial charge in [0.15, 0.2) is 0 Å². The Balaban J connectivity index is 2.28. The van der Waals surface area contributed by atoms with Gasteiger partial charge < -0.3 is 0 Å². The van der Waals surface area contributed by atoms with E-state index in [-0.39, 0.29) is 0 Å². The Labute approximate surface area is 79.7 Å². The third-order valence-corrected chi connectivity index (χ3v) is 2.86. The number of hydrogen-bond acceptors (Lipinski definition) is 2. The number of nitrogens with zero attached hydrogens (tertiary/aromatic N) is 1. The molecule has 0 spiro atoms. The Morgan fingerprint density at radius 3 is 2.73 bits per heavy atom. The lowest BCUT2D eigenvalue weighted by Gasteiger charge is -1.97. The summed E-state index contributed by atoms with van der Waals surface area (Å²) < 4.78 is 0. The number of pyridine rings is 1. The van der Waals surface area contributed by atoms with Crippen LogP contribution >= 0.6 is 27.7 Å². The smallest absolute Gasteiger partial charge is 0.0278 e. The molecule has 3 heteroatoms. The number of rotatable bonds is 4. The van der Waals surface area contributed by atoms with Gasteiger partial charge in [-0.05, 0) is 24.3 Å². The Morgan fingerprint density at radius 1 is 1.36 bits per heavy atom. The summed E-state index contributed by atoms with van der Waals surface area (Å²) in [7, 11) is 0. The summed E-state index contributed by atoms with van der Waals surface area (Å²) in [5.74, 6) is 1.18. The van der Waals surface area contributed by atoms with E-state index in [9.17, 15) is 0 Å². The second-order valence-corrected chi connectivity index (χ2v) is 4.04. The van der Waals surface area contributed by atoms with Crippen LogP contribution in [-0.2, 0) is 0 Å². The van der Waals surface area contributed by atoms with Crippen LogP contribution in [0.3, 0.4) is 0 Å². The third kappa shape index (κ3) is 3.77. The maximum absolute atomic E-state index is 3.95. The largest absolute Gasteiger partial charge is 0.265 e. The van der Waals surface area contributed by atoms with E-state index in [1.54, 1.807) is 0 Å². The molecule has 1 aromatic rings. The molecule has 0 aromatic carbocycles. The number of aromatic nitrogens is 1. The topological polar surface area (TPSA) is 12.9 Å². The van der Waals surface area contributed by atoms with Crippen LogP contribution in [0.25, 0.3) is 0 Å². The van der Waals surface area contributed by atoms with Gasteiger partial charge in [-0.25, -0.2) is 0 Å². The highest BCUT2D eigenvalue weighted by Crippen LogP contribution is 2.16. The van der Waals surface area contributed by atoms with Crippen molar-refractivity contribution in [1.29, 1.82) is 0 Å². The van der Waals surface area contributed by atoms with Crippen molar-refractivity contribution in [1.82, 2.24) is 4.98 Å². The summed E-state index contributed by atoms with van der Waals surface area (Å²) >= 11 is 5.27. The molecule has 0 radical (unpaired) electrons. The molecule has 0 saturated carbocycles. The van der Waals surface area contributed by atoms with E-state index in [0.29, 0.717) is 0 Å². The maximum atomic E-state index is 3.95. The van der Waals surface area contributed by atoms with Crippen molar-refractivity contribution < 1.29 is 0 Å².